The number of sulfonamides is 1. The van der Waals surface area contributed by atoms with Gasteiger partial charge in [0.05, 0.1) is 21.6 Å². The van der Waals surface area contributed by atoms with Gasteiger partial charge in [0, 0.05) is 24.4 Å². The highest BCUT2D eigenvalue weighted by Crippen LogP contribution is 2.29. The molecule has 0 aliphatic carbocycles. The monoisotopic (exact) mass is 421 g/mol. The van der Waals surface area contributed by atoms with Gasteiger partial charge in [-0.1, -0.05) is 24.6 Å². The minimum Gasteiger partial charge on any atom is -0.341 e. The molecule has 152 valence electrons. The molecule has 0 bridgehead atoms. The van der Waals surface area contributed by atoms with Gasteiger partial charge in [0.1, 0.15) is 0 Å². The molecule has 1 aliphatic rings. The second-order valence-corrected chi connectivity index (χ2v) is 9.91. The third-order valence-electron chi connectivity index (χ3n) is 5.05. The molecule has 1 aromatic heterocycles. The Kier molecular flexibility index (Phi) is 6.52. The first kappa shape index (κ1) is 21.0. The van der Waals surface area contributed by atoms with E-state index in [1.165, 1.54) is 0 Å². The smallest absolute Gasteiger partial charge is 0.241 e. The predicted molar refractivity (Wildman–Crippen MR) is 111 cm³/mol. The lowest BCUT2D eigenvalue weighted by Gasteiger charge is -2.33. The number of hydrogen-bond donors (Lipinski definition) is 1. The van der Waals surface area contributed by atoms with Gasteiger partial charge in [-0.05, 0) is 45.2 Å². The molecule has 6 nitrogen and oxygen atoms in total. The Bertz CT molecular complexity index is 922. The highest BCUT2D eigenvalue weighted by molar-refractivity contribution is 7.89. The van der Waals surface area contributed by atoms with Gasteiger partial charge in [-0.2, -0.15) is 4.72 Å². The molecule has 1 unspecified atom stereocenters. The van der Waals surface area contributed by atoms with Crippen molar-refractivity contribution < 1.29 is 13.2 Å². The fourth-order valence-electron chi connectivity index (χ4n) is 3.39. The number of hydrogen-bond acceptors (Lipinski definition) is 5. The molecule has 1 amide bonds. The standard InChI is InChI=1S/C20H27N3O3S2/c1-4-17-13-27-19(21-17)16-6-5-11-23(12-16)20(24)15(3)22-28(25,26)18-9-7-14(2)8-10-18/h7-10,13,15-16,22H,4-6,11-12H2,1-3H3/t15-,16?/m0/s1. The Morgan fingerprint density at radius 3 is 2.71 bits per heavy atom. The van der Waals surface area contributed by atoms with Crippen molar-refractivity contribution in [2.75, 3.05) is 13.1 Å². The zero-order valence-electron chi connectivity index (χ0n) is 16.5. The van der Waals surface area contributed by atoms with Crippen molar-refractivity contribution in [1.29, 1.82) is 0 Å². The Balaban J connectivity index is 1.66. The largest absolute Gasteiger partial charge is 0.341 e. The number of carbonyl (C=O) groups is 1. The number of benzene rings is 1. The summed E-state index contributed by atoms with van der Waals surface area (Å²) >= 11 is 1.65. The molecule has 1 aliphatic heterocycles. The summed E-state index contributed by atoms with van der Waals surface area (Å²) in [6.07, 6.45) is 2.81. The van der Waals surface area contributed by atoms with E-state index in [2.05, 4.69) is 22.0 Å². The Morgan fingerprint density at radius 1 is 1.36 bits per heavy atom. The first-order valence-corrected chi connectivity index (χ1v) is 12.0. The van der Waals surface area contributed by atoms with Crippen LogP contribution in [0.5, 0.6) is 0 Å². The highest BCUT2D eigenvalue weighted by Gasteiger charge is 2.31. The topological polar surface area (TPSA) is 79.4 Å². The van der Waals surface area contributed by atoms with Crippen LogP contribution in [0, 0.1) is 6.92 Å². The summed E-state index contributed by atoms with van der Waals surface area (Å²) in [6, 6.07) is 5.79. The van der Waals surface area contributed by atoms with Gasteiger partial charge in [0.15, 0.2) is 0 Å². The lowest BCUT2D eigenvalue weighted by Crippen LogP contribution is -2.49. The number of carbonyl (C=O) groups excluding carboxylic acids is 1. The third kappa shape index (κ3) is 4.79. The van der Waals surface area contributed by atoms with Crippen molar-refractivity contribution in [3.05, 3.63) is 45.9 Å². The minimum absolute atomic E-state index is 0.171. The molecule has 0 radical (unpaired) electrons. The number of aryl methyl sites for hydroxylation is 2. The van der Waals surface area contributed by atoms with E-state index in [1.807, 2.05) is 6.92 Å². The molecule has 1 aromatic carbocycles. The van der Waals surface area contributed by atoms with Crippen LogP contribution in [0.3, 0.4) is 0 Å². The lowest BCUT2D eigenvalue weighted by molar-refractivity contribution is -0.133. The molecule has 2 atom stereocenters. The van der Waals surface area contributed by atoms with Crippen molar-refractivity contribution in [1.82, 2.24) is 14.6 Å². The van der Waals surface area contributed by atoms with Crippen molar-refractivity contribution in [2.45, 2.75) is 56.9 Å². The maximum absolute atomic E-state index is 12.9. The van der Waals surface area contributed by atoms with Crippen molar-refractivity contribution >= 4 is 27.3 Å². The minimum atomic E-state index is -3.73. The van der Waals surface area contributed by atoms with Crippen LogP contribution >= 0.6 is 11.3 Å². The number of aromatic nitrogens is 1. The number of nitrogens with one attached hydrogen (secondary N) is 1. The third-order valence-corrected chi connectivity index (χ3v) is 7.66. The van der Waals surface area contributed by atoms with Crippen LogP contribution in [-0.2, 0) is 21.2 Å². The second-order valence-electron chi connectivity index (χ2n) is 7.31. The van der Waals surface area contributed by atoms with Gasteiger partial charge in [-0.15, -0.1) is 11.3 Å². The summed E-state index contributed by atoms with van der Waals surface area (Å²) < 4.78 is 27.7. The number of thiazole rings is 1. The number of likely N-dealkylation sites (tertiary alicyclic amines) is 1. The second kappa shape index (κ2) is 8.71. The quantitative estimate of drug-likeness (QED) is 0.777. The molecule has 1 N–H and O–H groups in total. The van der Waals surface area contributed by atoms with E-state index in [4.69, 9.17) is 0 Å². The molecule has 2 aromatic rings. The van der Waals surface area contributed by atoms with Crippen LogP contribution in [0.1, 0.15) is 48.9 Å². The van der Waals surface area contributed by atoms with Crippen LogP contribution in [0.15, 0.2) is 34.5 Å². The number of rotatable bonds is 6. The fourth-order valence-corrected chi connectivity index (χ4v) is 5.62. The molecule has 2 heterocycles. The Labute approximate surface area is 171 Å². The summed E-state index contributed by atoms with van der Waals surface area (Å²) in [5.41, 5.74) is 2.07. The van der Waals surface area contributed by atoms with Crippen LogP contribution in [0.4, 0.5) is 0 Å². The summed E-state index contributed by atoms with van der Waals surface area (Å²) in [7, 11) is -3.73. The van der Waals surface area contributed by atoms with E-state index < -0.39 is 16.1 Å². The Morgan fingerprint density at radius 2 is 2.07 bits per heavy atom. The average molecular weight is 422 g/mol. The first-order chi connectivity index (χ1) is 13.3. The molecular weight excluding hydrogens is 394 g/mol. The molecule has 1 saturated heterocycles. The maximum atomic E-state index is 12.9. The van der Waals surface area contributed by atoms with Gasteiger partial charge in [0.25, 0.3) is 0 Å². The molecule has 0 saturated carbocycles. The zero-order valence-corrected chi connectivity index (χ0v) is 18.1. The van der Waals surface area contributed by atoms with Crippen LogP contribution in [0.25, 0.3) is 0 Å². The van der Waals surface area contributed by atoms with Crippen LogP contribution in [-0.4, -0.2) is 43.3 Å². The Hall–Kier alpha value is -1.77. The predicted octanol–water partition coefficient (Wildman–Crippen LogP) is 3.09. The summed E-state index contributed by atoms with van der Waals surface area (Å²) in [5.74, 6) is 0.0385. The first-order valence-electron chi connectivity index (χ1n) is 9.62. The number of amides is 1. The maximum Gasteiger partial charge on any atom is 0.241 e. The summed E-state index contributed by atoms with van der Waals surface area (Å²) in [5, 5.41) is 3.15. The SMILES string of the molecule is CCc1csc(C2CCCN(C(=O)[C@H](C)NS(=O)(=O)c3ccc(C)cc3)C2)n1. The van der Waals surface area contributed by atoms with Gasteiger partial charge in [-0.3, -0.25) is 4.79 Å². The van der Waals surface area contributed by atoms with Crippen molar-refractivity contribution in [3.63, 3.8) is 0 Å². The van der Waals surface area contributed by atoms with Crippen molar-refractivity contribution in [2.24, 2.45) is 0 Å². The van der Waals surface area contributed by atoms with E-state index in [0.717, 1.165) is 35.5 Å². The van der Waals surface area contributed by atoms with Gasteiger partial charge in [-0.25, -0.2) is 13.4 Å². The van der Waals surface area contributed by atoms with E-state index in [1.54, 1.807) is 47.4 Å². The lowest BCUT2D eigenvalue weighted by atomic mass is 9.98. The molecule has 3 rings (SSSR count). The van der Waals surface area contributed by atoms with Crippen LogP contribution in [0.2, 0.25) is 0 Å². The average Bonchev–Trinajstić information content (AvgIpc) is 3.17. The van der Waals surface area contributed by atoms with Gasteiger partial charge in [0.2, 0.25) is 15.9 Å². The van der Waals surface area contributed by atoms with Gasteiger partial charge >= 0.3 is 0 Å². The molecule has 8 heteroatoms. The molecular formula is C20H27N3O3S2. The molecule has 0 spiro atoms. The molecule has 1 fully saturated rings. The number of piperidine rings is 1. The zero-order chi connectivity index (χ0) is 20.3. The summed E-state index contributed by atoms with van der Waals surface area (Å²) in [4.78, 5) is 19.5. The highest BCUT2D eigenvalue weighted by atomic mass is 32.2. The molecule has 28 heavy (non-hydrogen) atoms. The van der Waals surface area contributed by atoms with Crippen molar-refractivity contribution in [3.8, 4) is 0 Å². The van der Waals surface area contributed by atoms with Crippen LogP contribution < -0.4 is 4.72 Å². The fraction of sp³-hybridized carbons (Fsp3) is 0.500. The van der Waals surface area contributed by atoms with Gasteiger partial charge < -0.3 is 4.90 Å². The summed E-state index contributed by atoms with van der Waals surface area (Å²) in [6.45, 7) is 6.83. The van der Waals surface area contributed by atoms with E-state index >= 15 is 0 Å². The van der Waals surface area contributed by atoms with E-state index in [-0.39, 0.29) is 16.7 Å². The van der Waals surface area contributed by atoms with E-state index in [0.29, 0.717) is 13.1 Å². The normalized spacial score (nSPS) is 18.8. The van der Waals surface area contributed by atoms with E-state index in [9.17, 15) is 13.2 Å². The number of nitrogens with zero attached hydrogens (tertiary/aromatic N) is 2.